The first-order valence-corrected chi connectivity index (χ1v) is 10.3. The number of rotatable bonds is 3. The van der Waals surface area contributed by atoms with Gasteiger partial charge in [-0.25, -0.2) is 13.4 Å². The van der Waals surface area contributed by atoms with E-state index in [1.807, 2.05) is 13.1 Å². The van der Waals surface area contributed by atoms with E-state index in [9.17, 15) is 8.42 Å². The molecule has 0 spiro atoms. The predicted octanol–water partition coefficient (Wildman–Crippen LogP) is 2.45. The van der Waals surface area contributed by atoms with Gasteiger partial charge in [-0.2, -0.15) is 4.31 Å². The summed E-state index contributed by atoms with van der Waals surface area (Å²) in [4.78, 5) is 10.6. The lowest BCUT2D eigenvalue weighted by molar-refractivity contribution is 0.143. The van der Waals surface area contributed by atoms with Crippen LogP contribution in [-0.4, -0.2) is 54.3 Å². The molecule has 0 unspecified atom stereocenters. The molecule has 0 amide bonds. The molecule has 1 aliphatic heterocycles. The van der Waals surface area contributed by atoms with E-state index in [4.69, 9.17) is 0 Å². The van der Waals surface area contributed by atoms with Crippen LogP contribution in [0.25, 0.3) is 0 Å². The van der Waals surface area contributed by atoms with Crippen molar-refractivity contribution in [1.29, 1.82) is 0 Å². The SMILES string of the molecule is CN1CCN(S(=O)(=O)c2ccc(C(C)(C)C)s2)C[C@H]1c1ncc[nH]1. The standard InChI is InChI=1S/C16H24N4O2S2/c1-16(2,3)13-5-6-14(23-13)24(21,22)20-10-9-19(4)12(11-20)15-17-7-8-18-15/h5-8,12H,9-11H2,1-4H3,(H,17,18)/t12-/m0/s1. The van der Waals surface area contributed by atoms with E-state index in [0.29, 0.717) is 23.8 Å². The van der Waals surface area contributed by atoms with Crippen molar-refractivity contribution in [2.75, 3.05) is 26.7 Å². The number of hydrogen-bond donors (Lipinski definition) is 1. The van der Waals surface area contributed by atoms with Crippen LogP contribution >= 0.6 is 11.3 Å². The van der Waals surface area contributed by atoms with Gasteiger partial charge in [-0.05, 0) is 24.6 Å². The van der Waals surface area contributed by atoms with E-state index in [2.05, 4.69) is 35.6 Å². The number of nitrogens with one attached hydrogen (secondary N) is 1. The van der Waals surface area contributed by atoms with Gasteiger partial charge in [0, 0.05) is 36.9 Å². The van der Waals surface area contributed by atoms with Gasteiger partial charge in [0.25, 0.3) is 10.0 Å². The van der Waals surface area contributed by atoms with Crippen LogP contribution in [0.5, 0.6) is 0 Å². The Morgan fingerprint density at radius 1 is 1.29 bits per heavy atom. The maximum atomic E-state index is 13.0. The largest absolute Gasteiger partial charge is 0.347 e. The number of likely N-dealkylation sites (N-methyl/N-ethyl adjacent to an activating group) is 1. The van der Waals surface area contributed by atoms with E-state index in [1.54, 1.807) is 22.8 Å². The van der Waals surface area contributed by atoms with E-state index >= 15 is 0 Å². The maximum absolute atomic E-state index is 13.0. The fraction of sp³-hybridized carbons (Fsp3) is 0.562. The van der Waals surface area contributed by atoms with Crippen LogP contribution in [0, 0.1) is 0 Å². The average molecular weight is 369 g/mol. The van der Waals surface area contributed by atoms with Crippen LogP contribution in [0.4, 0.5) is 0 Å². The van der Waals surface area contributed by atoms with Crippen molar-refractivity contribution < 1.29 is 8.42 Å². The Labute approximate surface area is 147 Å². The molecule has 1 saturated heterocycles. The summed E-state index contributed by atoms with van der Waals surface area (Å²) in [6.45, 7) is 7.88. The minimum Gasteiger partial charge on any atom is -0.347 e. The number of imidazole rings is 1. The Hall–Kier alpha value is -1.22. The quantitative estimate of drug-likeness (QED) is 0.903. The van der Waals surface area contributed by atoms with Crippen molar-refractivity contribution in [1.82, 2.24) is 19.2 Å². The van der Waals surface area contributed by atoms with Gasteiger partial charge in [-0.1, -0.05) is 20.8 Å². The molecule has 1 fully saturated rings. The molecule has 8 heteroatoms. The molecule has 1 aliphatic rings. The van der Waals surface area contributed by atoms with E-state index in [0.717, 1.165) is 10.7 Å². The molecule has 2 aromatic heterocycles. The van der Waals surface area contributed by atoms with E-state index in [-0.39, 0.29) is 11.5 Å². The van der Waals surface area contributed by atoms with Crippen molar-refractivity contribution in [2.45, 2.75) is 36.4 Å². The Balaban J connectivity index is 1.86. The van der Waals surface area contributed by atoms with Gasteiger partial charge in [-0.3, -0.25) is 4.90 Å². The molecule has 2 aromatic rings. The molecule has 1 atom stereocenters. The highest BCUT2D eigenvalue weighted by Gasteiger charge is 2.35. The molecule has 1 N–H and O–H groups in total. The zero-order valence-electron chi connectivity index (χ0n) is 14.5. The minimum atomic E-state index is -3.47. The van der Waals surface area contributed by atoms with Crippen molar-refractivity contribution in [3.63, 3.8) is 0 Å². The number of nitrogens with zero attached hydrogens (tertiary/aromatic N) is 3. The number of aromatic amines is 1. The summed E-state index contributed by atoms with van der Waals surface area (Å²) in [5.74, 6) is 0.805. The highest BCUT2D eigenvalue weighted by atomic mass is 32.2. The van der Waals surface area contributed by atoms with Gasteiger partial charge in [0.2, 0.25) is 0 Å². The van der Waals surface area contributed by atoms with Gasteiger partial charge < -0.3 is 4.98 Å². The summed E-state index contributed by atoms with van der Waals surface area (Å²) < 4.78 is 28.1. The van der Waals surface area contributed by atoms with Crippen molar-refractivity contribution in [2.24, 2.45) is 0 Å². The summed E-state index contributed by atoms with van der Waals surface area (Å²) >= 11 is 1.37. The fourth-order valence-corrected chi connectivity index (χ4v) is 5.77. The third-order valence-corrected chi connectivity index (χ3v) is 8.20. The molecule has 3 heterocycles. The predicted molar refractivity (Wildman–Crippen MR) is 95.7 cm³/mol. The van der Waals surface area contributed by atoms with Gasteiger partial charge in [0.15, 0.2) is 0 Å². The number of sulfonamides is 1. The molecule has 0 saturated carbocycles. The Kier molecular flexibility index (Phi) is 4.59. The third-order valence-electron chi connectivity index (χ3n) is 4.36. The molecule has 0 radical (unpaired) electrons. The van der Waals surface area contributed by atoms with Crippen molar-refractivity contribution in [3.05, 3.63) is 35.2 Å². The van der Waals surface area contributed by atoms with Crippen LogP contribution in [0.2, 0.25) is 0 Å². The highest BCUT2D eigenvalue weighted by molar-refractivity contribution is 7.91. The van der Waals surface area contributed by atoms with Crippen LogP contribution < -0.4 is 0 Å². The highest BCUT2D eigenvalue weighted by Crippen LogP contribution is 2.34. The van der Waals surface area contributed by atoms with E-state index in [1.165, 1.54) is 11.3 Å². The Morgan fingerprint density at radius 2 is 2.04 bits per heavy atom. The first kappa shape index (κ1) is 17.6. The molecular formula is C16H24N4O2S2. The second-order valence-corrected chi connectivity index (χ2v) is 10.5. The number of aromatic nitrogens is 2. The normalized spacial score (nSPS) is 21.2. The van der Waals surface area contributed by atoms with Crippen LogP contribution in [0.1, 0.15) is 37.5 Å². The number of piperazine rings is 1. The van der Waals surface area contributed by atoms with Crippen LogP contribution in [-0.2, 0) is 15.4 Å². The number of hydrogen-bond acceptors (Lipinski definition) is 5. The van der Waals surface area contributed by atoms with Crippen molar-refractivity contribution in [3.8, 4) is 0 Å². The smallest absolute Gasteiger partial charge is 0.252 e. The van der Waals surface area contributed by atoms with Crippen LogP contribution in [0.15, 0.2) is 28.7 Å². The first-order valence-electron chi connectivity index (χ1n) is 7.99. The lowest BCUT2D eigenvalue weighted by atomic mass is 9.95. The maximum Gasteiger partial charge on any atom is 0.252 e. The van der Waals surface area contributed by atoms with Gasteiger partial charge >= 0.3 is 0 Å². The molecule has 132 valence electrons. The monoisotopic (exact) mass is 368 g/mol. The third kappa shape index (κ3) is 3.28. The molecule has 0 aliphatic carbocycles. The summed E-state index contributed by atoms with van der Waals surface area (Å²) in [5, 5.41) is 0. The second kappa shape index (κ2) is 6.25. The van der Waals surface area contributed by atoms with Gasteiger partial charge in [0.1, 0.15) is 10.0 Å². The van der Waals surface area contributed by atoms with E-state index < -0.39 is 10.0 Å². The molecule has 0 aromatic carbocycles. The summed E-state index contributed by atoms with van der Waals surface area (Å²) in [6, 6.07) is 3.61. The summed E-state index contributed by atoms with van der Waals surface area (Å²) in [5.41, 5.74) is -0.0444. The second-order valence-electron chi connectivity index (χ2n) is 7.20. The minimum absolute atomic E-state index is 0.0444. The van der Waals surface area contributed by atoms with Crippen molar-refractivity contribution >= 4 is 21.4 Å². The van der Waals surface area contributed by atoms with Gasteiger partial charge in [0.05, 0.1) is 6.04 Å². The zero-order valence-corrected chi connectivity index (χ0v) is 16.1. The molecule has 6 nitrogen and oxygen atoms in total. The number of H-pyrrole nitrogens is 1. The summed E-state index contributed by atoms with van der Waals surface area (Å²) in [7, 11) is -1.47. The topological polar surface area (TPSA) is 69.3 Å². The summed E-state index contributed by atoms with van der Waals surface area (Å²) in [6.07, 6.45) is 3.47. The lowest BCUT2D eigenvalue weighted by Gasteiger charge is -2.37. The average Bonchev–Trinajstić information content (AvgIpc) is 3.19. The Bertz CT molecular complexity index is 790. The van der Waals surface area contributed by atoms with Gasteiger partial charge in [-0.15, -0.1) is 11.3 Å². The number of thiophene rings is 1. The molecule has 0 bridgehead atoms. The fourth-order valence-electron chi connectivity index (χ4n) is 2.81. The Morgan fingerprint density at radius 3 is 2.62 bits per heavy atom. The zero-order chi connectivity index (χ0) is 17.5. The molecular weight excluding hydrogens is 344 g/mol. The molecule has 24 heavy (non-hydrogen) atoms. The lowest BCUT2D eigenvalue weighted by Crippen LogP contribution is -2.49. The first-order chi connectivity index (χ1) is 11.2. The van der Waals surface area contributed by atoms with Crippen LogP contribution in [0.3, 0.4) is 0 Å². The molecule has 3 rings (SSSR count).